The minimum absolute atomic E-state index is 0.543. The van der Waals surface area contributed by atoms with Crippen LogP contribution in [-0.2, 0) is 11.3 Å². The Morgan fingerprint density at radius 3 is 2.82 bits per heavy atom. The molecule has 0 radical (unpaired) electrons. The lowest BCUT2D eigenvalue weighted by Gasteiger charge is -2.12. The van der Waals surface area contributed by atoms with Crippen LogP contribution in [0.4, 0.5) is 0 Å². The van der Waals surface area contributed by atoms with Gasteiger partial charge in [0.1, 0.15) is 6.10 Å². The second kappa shape index (κ2) is 5.45. The molecule has 3 heteroatoms. The van der Waals surface area contributed by atoms with Gasteiger partial charge in [0.25, 0.3) is 0 Å². The standard InChI is InChI=1S/C14H16O2S/c1-10-13(6-7-17-10)14(15)12-5-3-4-11(8-12)9-16-2/h3-8,14-15H,9H2,1-2H3. The van der Waals surface area contributed by atoms with Crippen LogP contribution in [0.1, 0.15) is 27.7 Å². The molecule has 2 aromatic rings. The van der Waals surface area contributed by atoms with Crippen molar-refractivity contribution in [3.63, 3.8) is 0 Å². The molecule has 1 atom stereocenters. The summed E-state index contributed by atoms with van der Waals surface area (Å²) in [6, 6.07) is 9.87. The molecule has 2 nitrogen and oxygen atoms in total. The van der Waals surface area contributed by atoms with Crippen molar-refractivity contribution in [3.05, 3.63) is 57.3 Å². The van der Waals surface area contributed by atoms with E-state index in [0.717, 1.165) is 21.6 Å². The van der Waals surface area contributed by atoms with E-state index < -0.39 is 6.10 Å². The fraction of sp³-hybridized carbons (Fsp3) is 0.286. The van der Waals surface area contributed by atoms with Crippen LogP contribution in [0, 0.1) is 6.92 Å². The number of aliphatic hydroxyl groups is 1. The van der Waals surface area contributed by atoms with Gasteiger partial charge < -0.3 is 9.84 Å². The van der Waals surface area contributed by atoms with Gasteiger partial charge in [-0.15, -0.1) is 11.3 Å². The van der Waals surface area contributed by atoms with Crippen LogP contribution in [0.2, 0.25) is 0 Å². The van der Waals surface area contributed by atoms with Gasteiger partial charge in [-0.1, -0.05) is 24.3 Å². The third-order valence-corrected chi connectivity index (χ3v) is 3.63. The molecule has 17 heavy (non-hydrogen) atoms. The Morgan fingerprint density at radius 1 is 1.35 bits per heavy atom. The van der Waals surface area contributed by atoms with Gasteiger partial charge in [-0.2, -0.15) is 0 Å². The minimum Gasteiger partial charge on any atom is -0.384 e. The molecular formula is C14H16O2S. The smallest absolute Gasteiger partial charge is 0.105 e. The zero-order valence-corrected chi connectivity index (χ0v) is 10.8. The Morgan fingerprint density at radius 2 is 2.18 bits per heavy atom. The minimum atomic E-state index is -0.543. The zero-order chi connectivity index (χ0) is 12.3. The normalized spacial score (nSPS) is 12.6. The van der Waals surface area contributed by atoms with Crippen molar-refractivity contribution in [2.24, 2.45) is 0 Å². The highest BCUT2D eigenvalue weighted by Gasteiger charge is 2.13. The first-order chi connectivity index (χ1) is 8.22. The molecule has 0 fully saturated rings. The van der Waals surface area contributed by atoms with Gasteiger partial charge in [0.15, 0.2) is 0 Å². The van der Waals surface area contributed by atoms with Crippen molar-refractivity contribution < 1.29 is 9.84 Å². The molecule has 1 N–H and O–H groups in total. The van der Waals surface area contributed by atoms with Crippen molar-refractivity contribution in [1.29, 1.82) is 0 Å². The van der Waals surface area contributed by atoms with Crippen LogP contribution in [0.15, 0.2) is 35.7 Å². The van der Waals surface area contributed by atoms with Crippen LogP contribution < -0.4 is 0 Å². The Labute approximate surface area is 105 Å². The van der Waals surface area contributed by atoms with Gasteiger partial charge >= 0.3 is 0 Å². The average Bonchev–Trinajstić information content (AvgIpc) is 2.75. The van der Waals surface area contributed by atoms with Crippen LogP contribution >= 0.6 is 11.3 Å². The molecular weight excluding hydrogens is 232 g/mol. The van der Waals surface area contributed by atoms with E-state index in [1.807, 2.05) is 42.6 Å². The summed E-state index contributed by atoms with van der Waals surface area (Å²) >= 11 is 1.66. The molecule has 0 aliphatic heterocycles. The highest BCUT2D eigenvalue weighted by molar-refractivity contribution is 7.10. The number of thiophene rings is 1. The lowest BCUT2D eigenvalue weighted by molar-refractivity contribution is 0.184. The van der Waals surface area contributed by atoms with Gasteiger partial charge in [0.2, 0.25) is 0 Å². The third kappa shape index (κ3) is 2.75. The van der Waals surface area contributed by atoms with Crippen molar-refractivity contribution in [1.82, 2.24) is 0 Å². The zero-order valence-electron chi connectivity index (χ0n) is 10.0. The van der Waals surface area contributed by atoms with Crippen molar-refractivity contribution in [2.75, 3.05) is 7.11 Å². The number of aryl methyl sites for hydroxylation is 1. The number of hydrogen-bond donors (Lipinski definition) is 1. The topological polar surface area (TPSA) is 29.5 Å². The molecule has 0 aliphatic rings. The maximum Gasteiger partial charge on any atom is 0.105 e. The van der Waals surface area contributed by atoms with E-state index in [0.29, 0.717) is 6.61 Å². The Bertz CT molecular complexity index is 490. The largest absolute Gasteiger partial charge is 0.384 e. The first kappa shape index (κ1) is 12.3. The maximum atomic E-state index is 10.3. The van der Waals surface area contributed by atoms with E-state index in [1.54, 1.807) is 18.4 Å². The van der Waals surface area contributed by atoms with Gasteiger partial charge in [-0.25, -0.2) is 0 Å². The molecule has 0 spiro atoms. The molecule has 0 saturated carbocycles. The Kier molecular flexibility index (Phi) is 3.94. The van der Waals surface area contributed by atoms with Crippen LogP contribution in [-0.4, -0.2) is 12.2 Å². The second-order valence-corrected chi connectivity index (χ2v) is 5.13. The van der Waals surface area contributed by atoms with Gasteiger partial charge in [0.05, 0.1) is 6.61 Å². The predicted molar refractivity (Wildman–Crippen MR) is 70.3 cm³/mol. The van der Waals surface area contributed by atoms with E-state index in [9.17, 15) is 5.11 Å². The highest BCUT2D eigenvalue weighted by atomic mass is 32.1. The van der Waals surface area contributed by atoms with Gasteiger partial charge in [-0.05, 0) is 35.1 Å². The molecule has 0 amide bonds. The van der Waals surface area contributed by atoms with Crippen molar-refractivity contribution in [3.8, 4) is 0 Å². The number of methoxy groups -OCH3 is 1. The fourth-order valence-electron chi connectivity index (χ4n) is 1.88. The van der Waals surface area contributed by atoms with E-state index >= 15 is 0 Å². The lowest BCUT2D eigenvalue weighted by Crippen LogP contribution is -2.00. The van der Waals surface area contributed by atoms with E-state index in [2.05, 4.69) is 0 Å². The summed E-state index contributed by atoms with van der Waals surface area (Å²) in [5.74, 6) is 0. The summed E-state index contributed by atoms with van der Waals surface area (Å²) in [6.45, 7) is 2.60. The summed E-state index contributed by atoms with van der Waals surface area (Å²) in [4.78, 5) is 1.16. The average molecular weight is 248 g/mol. The van der Waals surface area contributed by atoms with Crippen LogP contribution in [0.5, 0.6) is 0 Å². The number of hydrogen-bond acceptors (Lipinski definition) is 3. The molecule has 0 bridgehead atoms. The summed E-state index contributed by atoms with van der Waals surface area (Å²) in [5.41, 5.74) is 2.99. The summed E-state index contributed by atoms with van der Waals surface area (Å²) < 4.78 is 5.10. The van der Waals surface area contributed by atoms with Gasteiger partial charge in [0, 0.05) is 12.0 Å². The summed E-state index contributed by atoms with van der Waals surface area (Å²) in [7, 11) is 1.67. The number of ether oxygens (including phenoxy) is 1. The van der Waals surface area contributed by atoms with E-state index in [-0.39, 0.29) is 0 Å². The van der Waals surface area contributed by atoms with Crippen LogP contribution in [0.25, 0.3) is 0 Å². The molecule has 1 aromatic carbocycles. The molecule has 1 aromatic heterocycles. The SMILES string of the molecule is COCc1cccc(C(O)c2ccsc2C)c1. The summed E-state index contributed by atoms with van der Waals surface area (Å²) in [5, 5.41) is 12.3. The first-order valence-electron chi connectivity index (χ1n) is 5.52. The van der Waals surface area contributed by atoms with Crippen molar-refractivity contribution >= 4 is 11.3 Å². The van der Waals surface area contributed by atoms with E-state index in [4.69, 9.17) is 4.74 Å². The molecule has 0 aliphatic carbocycles. The lowest BCUT2D eigenvalue weighted by atomic mass is 10.0. The quantitative estimate of drug-likeness (QED) is 0.899. The maximum absolute atomic E-state index is 10.3. The van der Waals surface area contributed by atoms with Crippen molar-refractivity contribution in [2.45, 2.75) is 19.6 Å². The Balaban J connectivity index is 2.28. The fourth-order valence-corrected chi connectivity index (χ4v) is 2.61. The predicted octanol–water partition coefficient (Wildman–Crippen LogP) is 3.28. The monoisotopic (exact) mass is 248 g/mol. The highest BCUT2D eigenvalue weighted by Crippen LogP contribution is 2.28. The molecule has 1 heterocycles. The number of aliphatic hydroxyl groups excluding tert-OH is 1. The van der Waals surface area contributed by atoms with E-state index in [1.165, 1.54) is 0 Å². The molecule has 1 unspecified atom stereocenters. The molecule has 90 valence electrons. The third-order valence-electron chi connectivity index (χ3n) is 2.77. The first-order valence-corrected chi connectivity index (χ1v) is 6.40. The number of benzene rings is 1. The van der Waals surface area contributed by atoms with Crippen LogP contribution in [0.3, 0.4) is 0 Å². The number of rotatable bonds is 4. The molecule has 0 saturated heterocycles. The molecule has 2 rings (SSSR count). The van der Waals surface area contributed by atoms with Gasteiger partial charge in [-0.3, -0.25) is 0 Å². The second-order valence-electron chi connectivity index (χ2n) is 4.01. The summed E-state index contributed by atoms with van der Waals surface area (Å²) in [6.07, 6.45) is -0.543. The Hall–Kier alpha value is -1.16.